The van der Waals surface area contributed by atoms with Gasteiger partial charge in [0.15, 0.2) is 5.78 Å². The molecule has 1 heterocycles. The van der Waals surface area contributed by atoms with Gasteiger partial charge in [-0.2, -0.15) is 0 Å². The quantitative estimate of drug-likeness (QED) is 0.407. The van der Waals surface area contributed by atoms with Crippen molar-refractivity contribution in [3.05, 3.63) is 24.0 Å². The third kappa shape index (κ3) is 8.96. The molecule has 1 aromatic rings. The zero-order valence-electron chi connectivity index (χ0n) is 15.1. The van der Waals surface area contributed by atoms with E-state index in [0.717, 1.165) is 0 Å². The van der Waals surface area contributed by atoms with Crippen LogP contribution in [-0.4, -0.2) is 56.5 Å². The second-order valence-electron chi connectivity index (χ2n) is 5.89. The van der Waals surface area contributed by atoms with Crippen molar-refractivity contribution in [3.63, 3.8) is 0 Å². The summed E-state index contributed by atoms with van der Waals surface area (Å²) in [5.41, 5.74) is 0.431. The van der Waals surface area contributed by atoms with Gasteiger partial charge in [-0.05, 0) is 19.9 Å². The summed E-state index contributed by atoms with van der Waals surface area (Å²) >= 11 is 0. The monoisotopic (exact) mass is 339 g/mol. The van der Waals surface area contributed by atoms with E-state index in [4.69, 9.17) is 18.9 Å². The van der Waals surface area contributed by atoms with Gasteiger partial charge in [-0.3, -0.25) is 9.78 Å². The first-order valence-corrected chi connectivity index (χ1v) is 8.41. The number of Topliss-reactive ketones (excluding diaryl/α,β-unsaturated/α-hetero) is 1. The highest BCUT2D eigenvalue weighted by Gasteiger charge is 2.12. The van der Waals surface area contributed by atoms with Crippen LogP contribution in [0.2, 0.25) is 0 Å². The number of aromatic nitrogens is 1. The highest BCUT2D eigenvalue weighted by molar-refractivity contribution is 5.95. The summed E-state index contributed by atoms with van der Waals surface area (Å²) in [5.74, 6) is 0.553. The number of pyridine rings is 1. The topological polar surface area (TPSA) is 66.9 Å². The first kappa shape index (κ1) is 20.5. The minimum Gasteiger partial charge on any atom is -0.491 e. The van der Waals surface area contributed by atoms with Crippen molar-refractivity contribution in [2.45, 2.75) is 33.8 Å². The molecule has 136 valence electrons. The Labute approximate surface area is 144 Å². The lowest BCUT2D eigenvalue weighted by Crippen LogP contribution is -2.14. The molecule has 0 spiro atoms. The Hall–Kier alpha value is -1.50. The predicted octanol–water partition coefficient (Wildman–Crippen LogP) is 2.76. The highest BCUT2D eigenvalue weighted by Crippen LogP contribution is 2.13. The lowest BCUT2D eigenvalue weighted by atomic mass is 10.1. The highest BCUT2D eigenvalue weighted by atomic mass is 16.6. The molecule has 0 saturated carbocycles. The Morgan fingerprint density at radius 2 is 1.62 bits per heavy atom. The van der Waals surface area contributed by atoms with E-state index in [0.29, 0.717) is 51.1 Å². The van der Waals surface area contributed by atoms with E-state index < -0.39 is 0 Å². The van der Waals surface area contributed by atoms with Crippen molar-refractivity contribution >= 4 is 5.78 Å². The molecule has 0 unspecified atom stereocenters. The first-order chi connectivity index (χ1) is 11.5. The van der Waals surface area contributed by atoms with E-state index in [1.807, 2.05) is 27.7 Å². The molecular formula is C18H29NO5. The Kier molecular flexibility index (Phi) is 10.2. The van der Waals surface area contributed by atoms with Crippen LogP contribution in [0.5, 0.6) is 5.75 Å². The molecule has 24 heavy (non-hydrogen) atoms. The fourth-order valence-electron chi connectivity index (χ4n) is 1.81. The van der Waals surface area contributed by atoms with Crippen LogP contribution in [0.4, 0.5) is 0 Å². The average Bonchev–Trinajstić information content (AvgIpc) is 2.55. The molecule has 0 amide bonds. The van der Waals surface area contributed by atoms with Crippen molar-refractivity contribution in [3.8, 4) is 5.75 Å². The average molecular weight is 339 g/mol. The van der Waals surface area contributed by atoms with E-state index >= 15 is 0 Å². The number of hydrogen-bond donors (Lipinski definition) is 0. The van der Waals surface area contributed by atoms with Crippen molar-refractivity contribution in [2.75, 3.05) is 39.6 Å². The molecule has 0 N–H and O–H groups in total. The summed E-state index contributed by atoms with van der Waals surface area (Å²) in [6, 6.07) is 3.40. The first-order valence-electron chi connectivity index (χ1n) is 8.41. The Morgan fingerprint density at radius 3 is 2.25 bits per heavy atom. The molecule has 0 aliphatic rings. The normalized spacial score (nSPS) is 11.2. The van der Waals surface area contributed by atoms with Crippen molar-refractivity contribution in [1.82, 2.24) is 4.98 Å². The van der Waals surface area contributed by atoms with Gasteiger partial charge in [-0.25, -0.2) is 0 Å². The number of hydrogen-bond acceptors (Lipinski definition) is 6. The molecular weight excluding hydrogens is 310 g/mol. The number of carbonyl (C=O) groups excluding carboxylic acids is 1. The van der Waals surface area contributed by atoms with Crippen LogP contribution in [0.15, 0.2) is 18.3 Å². The molecule has 0 fully saturated rings. The largest absolute Gasteiger partial charge is 0.491 e. The Balaban J connectivity index is 2.09. The second-order valence-corrected chi connectivity index (χ2v) is 5.89. The summed E-state index contributed by atoms with van der Waals surface area (Å²) in [4.78, 5) is 16.0. The van der Waals surface area contributed by atoms with Gasteiger partial charge in [-0.15, -0.1) is 0 Å². The summed E-state index contributed by atoms with van der Waals surface area (Å²) < 4.78 is 21.7. The summed E-state index contributed by atoms with van der Waals surface area (Å²) in [7, 11) is 0. The second kappa shape index (κ2) is 11.9. The lowest BCUT2D eigenvalue weighted by Gasteiger charge is -2.10. The molecule has 6 heteroatoms. The van der Waals surface area contributed by atoms with Crippen LogP contribution >= 0.6 is 0 Å². The van der Waals surface area contributed by atoms with Crippen molar-refractivity contribution in [1.29, 1.82) is 0 Å². The fraction of sp³-hybridized carbons (Fsp3) is 0.667. The van der Waals surface area contributed by atoms with Crippen LogP contribution in [0.3, 0.4) is 0 Å². The molecule has 6 nitrogen and oxygen atoms in total. The van der Waals surface area contributed by atoms with Gasteiger partial charge in [0.2, 0.25) is 0 Å². The SMILES string of the molecule is CC(C)OCCOCCOCCOc1ccnc(C(=O)C(C)C)c1. The fourth-order valence-corrected chi connectivity index (χ4v) is 1.81. The lowest BCUT2D eigenvalue weighted by molar-refractivity contribution is -0.00466. The van der Waals surface area contributed by atoms with E-state index in [-0.39, 0.29) is 17.8 Å². The van der Waals surface area contributed by atoms with Crippen LogP contribution < -0.4 is 4.74 Å². The maximum atomic E-state index is 11.9. The molecule has 0 atom stereocenters. The van der Waals surface area contributed by atoms with E-state index in [1.165, 1.54) is 0 Å². The molecule has 0 aliphatic heterocycles. The van der Waals surface area contributed by atoms with E-state index in [2.05, 4.69) is 4.98 Å². The molecule has 1 rings (SSSR count). The van der Waals surface area contributed by atoms with Gasteiger partial charge in [0.25, 0.3) is 0 Å². The summed E-state index contributed by atoms with van der Waals surface area (Å²) in [5, 5.41) is 0. The summed E-state index contributed by atoms with van der Waals surface area (Å²) in [6.45, 7) is 10.8. The predicted molar refractivity (Wildman–Crippen MR) is 91.6 cm³/mol. The minimum atomic E-state index is -0.0815. The molecule has 0 aromatic carbocycles. The number of rotatable bonds is 13. The Bertz CT molecular complexity index is 476. The van der Waals surface area contributed by atoms with Gasteiger partial charge in [0, 0.05) is 18.2 Å². The van der Waals surface area contributed by atoms with Crippen LogP contribution in [0.25, 0.3) is 0 Å². The van der Waals surface area contributed by atoms with Crippen molar-refractivity contribution < 1.29 is 23.7 Å². The van der Waals surface area contributed by atoms with E-state index in [9.17, 15) is 4.79 Å². The minimum absolute atomic E-state index is 0.00953. The summed E-state index contributed by atoms with van der Waals surface area (Å²) in [6.07, 6.45) is 1.81. The van der Waals surface area contributed by atoms with Crippen LogP contribution in [-0.2, 0) is 14.2 Å². The third-order valence-electron chi connectivity index (χ3n) is 3.06. The molecule has 0 saturated heterocycles. The van der Waals surface area contributed by atoms with Gasteiger partial charge in [0.05, 0.1) is 39.1 Å². The standard InChI is InChI=1S/C18H29NO5/c1-14(2)18(20)17-13-16(5-6-19-17)24-12-10-22-8-7-21-9-11-23-15(3)4/h5-6,13-15H,7-12H2,1-4H3. The molecule has 1 aromatic heterocycles. The molecule has 0 bridgehead atoms. The van der Waals surface area contributed by atoms with Gasteiger partial charge in [-0.1, -0.05) is 13.8 Å². The maximum absolute atomic E-state index is 11.9. The maximum Gasteiger partial charge on any atom is 0.183 e. The zero-order chi connectivity index (χ0) is 17.8. The van der Waals surface area contributed by atoms with E-state index in [1.54, 1.807) is 18.3 Å². The Morgan fingerprint density at radius 1 is 1.00 bits per heavy atom. The number of ketones is 1. The zero-order valence-corrected chi connectivity index (χ0v) is 15.1. The van der Waals surface area contributed by atoms with Crippen LogP contribution in [0.1, 0.15) is 38.2 Å². The van der Waals surface area contributed by atoms with Gasteiger partial charge >= 0.3 is 0 Å². The number of nitrogens with zero attached hydrogens (tertiary/aromatic N) is 1. The smallest absolute Gasteiger partial charge is 0.183 e. The van der Waals surface area contributed by atoms with Crippen molar-refractivity contribution in [2.24, 2.45) is 5.92 Å². The van der Waals surface area contributed by atoms with Gasteiger partial charge < -0.3 is 18.9 Å². The molecule has 0 aliphatic carbocycles. The molecule has 0 radical (unpaired) electrons. The number of carbonyl (C=O) groups is 1. The van der Waals surface area contributed by atoms with Crippen LogP contribution in [0, 0.1) is 5.92 Å². The number of ether oxygens (including phenoxy) is 4. The third-order valence-corrected chi connectivity index (χ3v) is 3.06. The van der Waals surface area contributed by atoms with Gasteiger partial charge in [0.1, 0.15) is 18.1 Å².